The van der Waals surface area contributed by atoms with Crippen molar-refractivity contribution in [1.82, 2.24) is 0 Å². The van der Waals surface area contributed by atoms with Crippen molar-refractivity contribution in [2.24, 2.45) is 5.73 Å². The smallest absolute Gasteiger partial charge is 0.0161 e. The maximum atomic E-state index is 5.36. The summed E-state index contributed by atoms with van der Waals surface area (Å²) in [7, 11) is 0. The van der Waals surface area contributed by atoms with Gasteiger partial charge in [-0.05, 0) is 37.1 Å². The lowest BCUT2D eigenvalue weighted by Gasteiger charge is -2.02. The monoisotopic (exact) mass is 207 g/mol. The van der Waals surface area contributed by atoms with Crippen LogP contribution < -0.4 is 5.73 Å². The zero-order chi connectivity index (χ0) is 10.4. The van der Waals surface area contributed by atoms with Crippen molar-refractivity contribution in [2.75, 3.05) is 12.3 Å². The van der Waals surface area contributed by atoms with Crippen LogP contribution in [0.15, 0.2) is 35.2 Å². The van der Waals surface area contributed by atoms with Crippen molar-refractivity contribution < 1.29 is 0 Å². The van der Waals surface area contributed by atoms with Gasteiger partial charge in [-0.1, -0.05) is 18.2 Å². The number of hydrogen-bond donors (Lipinski definition) is 1. The summed E-state index contributed by atoms with van der Waals surface area (Å²) in [4.78, 5) is 1.33. The van der Waals surface area contributed by atoms with Crippen molar-refractivity contribution in [3.8, 4) is 0 Å². The van der Waals surface area contributed by atoms with E-state index >= 15 is 0 Å². The maximum absolute atomic E-state index is 5.36. The van der Waals surface area contributed by atoms with Crippen LogP contribution in [0.5, 0.6) is 0 Å². The highest BCUT2D eigenvalue weighted by molar-refractivity contribution is 7.99. The zero-order valence-electron chi connectivity index (χ0n) is 8.79. The Kier molecular flexibility index (Phi) is 4.77. The van der Waals surface area contributed by atoms with Gasteiger partial charge in [-0.15, -0.1) is 11.8 Å². The van der Waals surface area contributed by atoms with E-state index in [1.54, 1.807) is 0 Å². The Morgan fingerprint density at radius 3 is 2.64 bits per heavy atom. The van der Waals surface area contributed by atoms with E-state index in [-0.39, 0.29) is 0 Å². The summed E-state index contributed by atoms with van der Waals surface area (Å²) in [5, 5.41) is 0. The van der Waals surface area contributed by atoms with Crippen LogP contribution in [0.25, 0.3) is 0 Å². The maximum Gasteiger partial charge on any atom is 0.0161 e. The zero-order valence-corrected chi connectivity index (χ0v) is 9.60. The molecule has 0 saturated heterocycles. The first kappa shape index (κ1) is 11.3. The first-order chi connectivity index (χ1) is 6.74. The van der Waals surface area contributed by atoms with Gasteiger partial charge in [-0.3, -0.25) is 0 Å². The minimum Gasteiger partial charge on any atom is -0.327 e. The van der Waals surface area contributed by atoms with E-state index in [9.17, 15) is 0 Å². The van der Waals surface area contributed by atoms with Crippen LogP contribution in [-0.4, -0.2) is 12.3 Å². The number of nitrogens with two attached hydrogens (primary N) is 1. The van der Waals surface area contributed by atoms with Crippen molar-refractivity contribution in [2.45, 2.75) is 18.7 Å². The second kappa shape index (κ2) is 5.89. The molecule has 0 aliphatic heterocycles. The summed E-state index contributed by atoms with van der Waals surface area (Å²) in [6.45, 7) is 4.92. The van der Waals surface area contributed by atoms with Gasteiger partial charge < -0.3 is 5.73 Å². The quantitative estimate of drug-likeness (QED) is 0.607. The summed E-state index contributed by atoms with van der Waals surface area (Å²) >= 11 is 1.84. The molecule has 0 bridgehead atoms. The molecule has 0 aromatic heterocycles. The van der Waals surface area contributed by atoms with Gasteiger partial charge in [0.1, 0.15) is 0 Å². The van der Waals surface area contributed by atoms with Gasteiger partial charge in [0.2, 0.25) is 0 Å². The Labute approximate surface area is 90.4 Å². The van der Waals surface area contributed by atoms with Gasteiger partial charge in [0.25, 0.3) is 0 Å². The normalized spacial score (nSPS) is 11.1. The molecule has 1 rings (SSSR count). The number of benzene rings is 1. The Bertz CT molecular complexity index is 318. The highest BCUT2D eigenvalue weighted by atomic mass is 32.2. The molecular formula is C12H17NS. The fourth-order valence-electron chi connectivity index (χ4n) is 1.11. The lowest BCUT2D eigenvalue weighted by Crippen LogP contribution is -1.92. The Hall–Kier alpha value is -0.730. The fraction of sp³-hybridized carbons (Fsp3) is 0.333. The van der Waals surface area contributed by atoms with Gasteiger partial charge in [-0.25, -0.2) is 0 Å². The number of hydrogen-bond acceptors (Lipinski definition) is 2. The highest BCUT2D eigenvalue weighted by Crippen LogP contribution is 2.20. The van der Waals surface area contributed by atoms with E-state index in [4.69, 9.17) is 5.73 Å². The molecule has 76 valence electrons. The Morgan fingerprint density at radius 2 is 2.00 bits per heavy atom. The van der Waals surface area contributed by atoms with Gasteiger partial charge in [0.05, 0.1) is 0 Å². The first-order valence-corrected chi connectivity index (χ1v) is 5.77. The van der Waals surface area contributed by atoms with E-state index in [1.165, 1.54) is 16.0 Å². The molecule has 0 atom stereocenters. The van der Waals surface area contributed by atoms with Crippen LogP contribution in [0, 0.1) is 13.8 Å². The third-order valence-corrected chi connectivity index (χ3v) is 3.07. The molecule has 2 heteroatoms. The van der Waals surface area contributed by atoms with Crippen molar-refractivity contribution in [1.29, 1.82) is 0 Å². The topological polar surface area (TPSA) is 26.0 Å². The molecule has 1 nitrogen and oxygen atoms in total. The molecule has 0 unspecified atom stereocenters. The molecule has 1 aromatic carbocycles. The first-order valence-electron chi connectivity index (χ1n) is 4.79. The van der Waals surface area contributed by atoms with Crippen molar-refractivity contribution in [3.05, 3.63) is 41.5 Å². The lowest BCUT2D eigenvalue weighted by atomic mass is 10.1. The molecule has 2 N–H and O–H groups in total. The van der Waals surface area contributed by atoms with E-state index in [2.05, 4.69) is 38.1 Å². The van der Waals surface area contributed by atoms with Gasteiger partial charge in [-0.2, -0.15) is 0 Å². The molecule has 0 fully saturated rings. The van der Waals surface area contributed by atoms with Crippen LogP contribution in [0.1, 0.15) is 11.1 Å². The number of thioether (sulfide) groups is 1. The number of aryl methyl sites for hydroxylation is 2. The summed E-state index contributed by atoms with van der Waals surface area (Å²) in [6, 6.07) is 6.57. The second-order valence-electron chi connectivity index (χ2n) is 3.26. The Morgan fingerprint density at radius 1 is 1.21 bits per heavy atom. The average Bonchev–Trinajstić information content (AvgIpc) is 2.18. The van der Waals surface area contributed by atoms with E-state index in [1.807, 2.05) is 17.8 Å². The molecular weight excluding hydrogens is 190 g/mol. The van der Waals surface area contributed by atoms with E-state index in [0.29, 0.717) is 6.54 Å². The lowest BCUT2D eigenvalue weighted by molar-refractivity contribution is 1.25. The van der Waals surface area contributed by atoms with Gasteiger partial charge in [0.15, 0.2) is 0 Å². The molecule has 0 spiro atoms. The second-order valence-corrected chi connectivity index (χ2v) is 4.36. The van der Waals surface area contributed by atoms with Crippen LogP contribution >= 0.6 is 11.8 Å². The largest absolute Gasteiger partial charge is 0.327 e. The molecule has 0 heterocycles. The standard InChI is InChI=1S/C12H17NS/c1-10-5-6-12(9-11(10)2)14-8-4-3-7-13/h3-6,9H,7-8,13H2,1-2H3. The van der Waals surface area contributed by atoms with Crippen LogP contribution in [0.3, 0.4) is 0 Å². The molecule has 0 aliphatic rings. The van der Waals surface area contributed by atoms with E-state index in [0.717, 1.165) is 5.75 Å². The molecule has 1 aromatic rings. The fourth-order valence-corrected chi connectivity index (χ4v) is 1.96. The van der Waals surface area contributed by atoms with Crippen LogP contribution in [0.2, 0.25) is 0 Å². The summed E-state index contributed by atoms with van der Waals surface area (Å²) in [5.41, 5.74) is 8.07. The molecule has 0 aliphatic carbocycles. The van der Waals surface area contributed by atoms with Gasteiger partial charge in [0, 0.05) is 17.2 Å². The van der Waals surface area contributed by atoms with E-state index < -0.39 is 0 Å². The molecule has 0 saturated carbocycles. The molecule has 14 heavy (non-hydrogen) atoms. The molecule has 0 radical (unpaired) electrons. The molecule has 0 amide bonds. The summed E-state index contributed by atoms with van der Waals surface area (Å²) < 4.78 is 0. The van der Waals surface area contributed by atoms with Crippen LogP contribution in [0.4, 0.5) is 0 Å². The third kappa shape index (κ3) is 3.56. The summed E-state index contributed by atoms with van der Waals surface area (Å²) in [5.74, 6) is 1.000. The SMILES string of the molecule is Cc1ccc(SCC=CCN)cc1C. The summed E-state index contributed by atoms with van der Waals surface area (Å²) in [6.07, 6.45) is 4.11. The predicted octanol–water partition coefficient (Wildman–Crippen LogP) is 2.91. The highest BCUT2D eigenvalue weighted by Gasteiger charge is 1.95. The van der Waals surface area contributed by atoms with Gasteiger partial charge >= 0.3 is 0 Å². The average molecular weight is 207 g/mol. The minimum absolute atomic E-state index is 0.632. The third-order valence-electron chi connectivity index (χ3n) is 2.13. The predicted molar refractivity (Wildman–Crippen MR) is 64.8 cm³/mol. The number of rotatable bonds is 4. The Balaban J connectivity index is 2.51. The minimum atomic E-state index is 0.632. The van der Waals surface area contributed by atoms with Crippen LogP contribution in [-0.2, 0) is 0 Å². The van der Waals surface area contributed by atoms with Crippen molar-refractivity contribution in [3.63, 3.8) is 0 Å². The van der Waals surface area contributed by atoms with Crippen molar-refractivity contribution >= 4 is 11.8 Å².